The van der Waals surface area contributed by atoms with Gasteiger partial charge in [-0.25, -0.2) is 0 Å². The summed E-state index contributed by atoms with van der Waals surface area (Å²) in [4.78, 5) is 27.7. The van der Waals surface area contributed by atoms with Crippen LogP contribution in [-0.4, -0.2) is 64.6 Å². The van der Waals surface area contributed by atoms with Crippen LogP contribution in [0.3, 0.4) is 0 Å². The van der Waals surface area contributed by atoms with Crippen molar-refractivity contribution in [1.82, 2.24) is 9.80 Å². The molecule has 1 aromatic carbocycles. The second-order valence-corrected chi connectivity index (χ2v) is 7.27. The zero-order chi connectivity index (χ0) is 17.5. The third-order valence-electron chi connectivity index (χ3n) is 5.60. The number of piperidine rings is 1. The number of carbonyl (C=O) groups excluding carboxylic acids is 1. The van der Waals surface area contributed by atoms with Crippen molar-refractivity contribution in [2.24, 2.45) is 5.41 Å². The Labute approximate surface area is 141 Å². The lowest BCUT2D eigenvalue weighted by Crippen LogP contribution is -2.44. The average Bonchev–Trinajstić information content (AvgIpc) is 2.87. The summed E-state index contributed by atoms with van der Waals surface area (Å²) in [6.45, 7) is 3.84. The molecule has 2 N–H and O–H groups in total. The van der Waals surface area contributed by atoms with Gasteiger partial charge in [0.15, 0.2) is 0 Å². The highest BCUT2D eigenvalue weighted by molar-refractivity contribution is 5.94. The topological polar surface area (TPSA) is 81.1 Å². The Hall–Kier alpha value is -2.08. The highest BCUT2D eigenvalue weighted by Gasteiger charge is 2.47. The number of likely N-dealkylation sites (tertiary alicyclic amines) is 2. The van der Waals surface area contributed by atoms with Crippen molar-refractivity contribution < 1.29 is 19.8 Å². The van der Waals surface area contributed by atoms with E-state index >= 15 is 0 Å². The molecule has 0 bridgehead atoms. The molecule has 2 heterocycles. The van der Waals surface area contributed by atoms with E-state index < -0.39 is 12.0 Å². The lowest BCUT2D eigenvalue weighted by atomic mass is 9.76. The van der Waals surface area contributed by atoms with Crippen LogP contribution in [0.25, 0.3) is 0 Å². The van der Waals surface area contributed by atoms with Crippen molar-refractivity contribution >= 4 is 11.9 Å². The summed E-state index contributed by atoms with van der Waals surface area (Å²) < 4.78 is 0. The lowest BCUT2D eigenvalue weighted by molar-refractivity contribution is -0.141. The number of hydrogen-bond donors (Lipinski definition) is 2. The minimum atomic E-state index is -0.761. The van der Waals surface area contributed by atoms with Crippen LogP contribution in [0.4, 0.5) is 0 Å². The third-order valence-corrected chi connectivity index (χ3v) is 5.60. The zero-order valence-corrected chi connectivity index (χ0v) is 14.2. The third kappa shape index (κ3) is 2.98. The zero-order valence-electron chi connectivity index (χ0n) is 14.2. The number of likely N-dealkylation sites (N-methyl/N-ethyl adjacent to an activating group) is 1. The lowest BCUT2D eigenvalue weighted by Gasteiger charge is -2.39. The van der Waals surface area contributed by atoms with Gasteiger partial charge in [0, 0.05) is 25.2 Å². The molecule has 2 fully saturated rings. The van der Waals surface area contributed by atoms with E-state index in [1.807, 2.05) is 16.8 Å². The molecule has 0 saturated carbocycles. The number of carboxylic acids is 1. The van der Waals surface area contributed by atoms with Gasteiger partial charge < -0.3 is 15.1 Å². The first-order chi connectivity index (χ1) is 11.3. The number of nitrogens with zero attached hydrogens (tertiary/aromatic N) is 2. The first-order valence-corrected chi connectivity index (χ1v) is 8.33. The van der Waals surface area contributed by atoms with Crippen molar-refractivity contribution in [3.63, 3.8) is 0 Å². The number of aliphatic carboxylic acids is 1. The van der Waals surface area contributed by atoms with Crippen LogP contribution in [0.5, 0.6) is 5.75 Å². The van der Waals surface area contributed by atoms with E-state index in [2.05, 4.69) is 0 Å². The van der Waals surface area contributed by atoms with Crippen LogP contribution in [0.15, 0.2) is 18.2 Å². The summed E-state index contributed by atoms with van der Waals surface area (Å²) in [6.07, 6.45) is 2.31. The van der Waals surface area contributed by atoms with Crippen molar-refractivity contribution in [2.45, 2.75) is 32.2 Å². The van der Waals surface area contributed by atoms with E-state index in [4.69, 9.17) is 0 Å². The van der Waals surface area contributed by atoms with E-state index in [1.165, 1.54) is 6.07 Å². The van der Waals surface area contributed by atoms with Crippen LogP contribution < -0.4 is 0 Å². The quantitative estimate of drug-likeness (QED) is 0.862. The monoisotopic (exact) mass is 332 g/mol. The van der Waals surface area contributed by atoms with Gasteiger partial charge in [0.2, 0.25) is 0 Å². The van der Waals surface area contributed by atoms with Gasteiger partial charge >= 0.3 is 5.97 Å². The summed E-state index contributed by atoms with van der Waals surface area (Å²) in [5.41, 5.74) is 1.25. The molecule has 6 heteroatoms. The molecule has 1 spiro atoms. The fourth-order valence-electron chi connectivity index (χ4n) is 4.02. The van der Waals surface area contributed by atoms with E-state index in [1.54, 1.807) is 19.1 Å². The highest BCUT2D eigenvalue weighted by Crippen LogP contribution is 2.43. The molecule has 2 aliphatic heterocycles. The summed E-state index contributed by atoms with van der Waals surface area (Å²) >= 11 is 0. The molecule has 2 aliphatic rings. The van der Waals surface area contributed by atoms with E-state index in [0.29, 0.717) is 25.1 Å². The second kappa shape index (κ2) is 6.09. The normalized spacial score (nSPS) is 23.6. The number of carbonyl (C=O) groups is 2. The first-order valence-electron chi connectivity index (χ1n) is 8.33. The molecular formula is C18H24N2O4. The largest absolute Gasteiger partial charge is 0.508 e. The SMILES string of the molecule is Cc1ccc(C(=O)N2CCC3(CC2)C[C@@H](C(=O)O)N(C)C3)cc1O. The molecule has 130 valence electrons. The number of phenols is 1. The van der Waals surface area contributed by atoms with Crippen LogP contribution in [0.1, 0.15) is 35.2 Å². The summed E-state index contributed by atoms with van der Waals surface area (Å²) in [5.74, 6) is -0.694. The molecule has 0 aromatic heterocycles. The van der Waals surface area contributed by atoms with Gasteiger partial charge in [0.1, 0.15) is 11.8 Å². The van der Waals surface area contributed by atoms with Crippen molar-refractivity contribution in [1.29, 1.82) is 0 Å². The Morgan fingerprint density at radius 1 is 1.25 bits per heavy atom. The van der Waals surface area contributed by atoms with Crippen LogP contribution in [0, 0.1) is 12.3 Å². The smallest absolute Gasteiger partial charge is 0.320 e. The van der Waals surface area contributed by atoms with E-state index in [0.717, 1.165) is 24.9 Å². The predicted octanol–water partition coefficient (Wildman–Crippen LogP) is 1.71. The Balaban J connectivity index is 1.66. The Bertz CT molecular complexity index is 665. The average molecular weight is 332 g/mol. The predicted molar refractivity (Wildman–Crippen MR) is 89.1 cm³/mol. The maximum Gasteiger partial charge on any atom is 0.320 e. The molecule has 1 atom stereocenters. The molecule has 2 saturated heterocycles. The molecule has 0 unspecified atom stereocenters. The molecular weight excluding hydrogens is 308 g/mol. The van der Waals surface area contributed by atoms with Gasteiger partial charge in [-0.15, -0.1) is 0 Å². The summed E-state index contributed by atoms with van der Waals surface area (Å²) in [7, 11) is 1.86. The van der Waals surface area contributed by atoms with Gasteiger partial charge in [0.05, 0.1) is 0 Å². The van der Waals surface area contributed by atoms with Gasteiger partial charge in [-0.1, -0.05) is 6.07 Å². The Morgan fingerprint density at radius 3 is 2.46 bits per heavy atom. The summed E-state index contributed by atoms with van der Waals surface area (Å²) in [6, 6.07) is 4.59. The molecule has 0 radical (unpaired) electrons. The first kappa shape index (κ1) is 16.8. The van der Waals surface area contributed by atoms with Crippen molar-refractivity contribution in [3.8, 4) is 5.75 Å². The van der Waals surface area contributed by atoms with Crippen LogP contribution in [0.2, 0.25) is 0 Å². The highest BCUT2D eigenvalue weighted by atomic mass is 16.4. The minimum absolute atomic E-state index is 0.00397. The van der Waals surface area contributed by atoms with Gasteiger partial charge in [-0.3, -0.25) is 14.5 Å². The molecule has 0 aliphatic carbocycles. The molecule has 24 heavy (non-hydrogen) atoms. The number of phenolic OH excluding ortho intramolecular Hbond substituents is 1. The van der Waals surface area contributed by atoms with Crippen molar-refractivity contribution in [2.75, 3.05) is 26.7 Å². The molecule has 3 rings (SSSR count). The number of carboxylic acid groups (broad SMARTS) is 1. The number of aromatic hydroxyl groups is 1. The van der Waals surface area contributed by atoms with Gasteiger partial charge in [0.25, 0.3) is 5.91 Å². The molecule has 1 amide bonds. The van der Waals surface area contributed by atoms with Crippen LogP contribution in [-0.2, 0) is 4.79 Å². The maximum atomic E-state index is 12.6. The van der Waals surface area contributed by atoms with Crippen LogP contribution >= 0.6 is 0 Å². The number of amides is 1. The summed E-state index contributed by atoms with van der Waals surface area (Å²) in [5, 5.41) is 19.1. The number of aryl methyl sites for hydroxylation is 1. The minimum Gasteiger partial charge on any atom is -0.508 e. The fourth-order valence-corrected chi connectivity index (χ4v) is 4.02. The van der Waals surface area contributed by atoms with Gasteiger partial charge in [-0.2, -0.15) is 0 Å². The van der Waals surface area contributed by atoms with E-state index in [-0.39, 0.29) is 17.1 Å². The second-order valence-electron chi connectivity index (χ2n) is 7.27. The Kier molecular flexibility index (Phi) is 4.25. The fraction of sp³-hybridized carbons (Fsp3) is 0.556. The molecule has 1 aromatic rings. The van der Waals surface area contributed by atoms with Gasteiger partial charge in [-0.05, 0) is 56.3 Å². The van der Waals surface area contributed by atoms with E-state index in [9.17, 15) is 19.8 Å². The molecule has 6 nitrogen and oxygen atoms in total. The Morgan fingerprint density at radius 2 is 1.92 bits per heavy atom. The standard InChI is InChI=1S/C18H24N2O4/c1-12-3-4-13(9-15(12)21)16(22)20-7-5-18(6-8-20)10-14(17(23)24)19(2)11-18/h3-4,9,14,21H,5-8,10-11H2,1-2H3,(H,23,24)/t14-/m0/s1. The number of rotatable bonds is 2. The van der Waals surface area contributed by atoms with Crippen molar-refractivity contribution in [3.05, 3.63) is 29.3 Å². The maximum absolute atomic E-state index is 12.6. The number of benzene rings is 1. The number of hydrogen-bond acceptors (Lipinski definition) is 4.